The standard InChI is InChI=1S/C21H24N4O/c22-19(14-16-15-23-20-9-5-4-8-18(16)20)21(26)25-12-10-24(11-13-25)17-6-2-1-3-7-17/h1-9,15,19,23H,10-14,22H2/t19-/m0/s1. The molecular weight excluding hydrogens is 324 g/mol. The molecule has 134 valence electrons. The maximum Gasteiger partial charge on any atom is 0.239 e. The lowest BCUT2D eigenvalue weighted by atomic mass is 10.0. The van der Waals surface area contributed by atoms with Crippen LogP contribution in [0.1, 0.15) is 5.56 Å². The van der Waals surface area contributed by atoms with Crippen molar-refractivity contribution in [3.05, 3.63) is 66.4 Å². The summed E-state index contributed by atoms with van der Waals surface area (Å²) in [6.45, 7) is 3.12. The molecule has 1 aromatic heterocycles. The van der Waals surface area contributed by atoms with E-state index in [2.05, 4.69) is 28.1 Å². The minimum absolute atomic E-state index is 0.0444. The summed E-state index contributed by atoms with van der Waals surface area (Å²) >= 11 is 0. The number of nitrogens with zero attached hydrogens (tertiary/aromatic N) is 2. The number of H-pyrrole nitrogens is 1. The van der Waals surface area contributed by atoms with Crippen molar-refractivity contribution in [1.82, 2.24) is 9.88 Å². The molecule has 3 aromatic rings. The number of rotatable bonds is 4. The molecule has 1 amide bonds. The van der Waals surface area contributed by atoms with E-state index in [4.69, 9.17) is 5.73 Å². The molecule has 1 fully saturated rings. The maximum atomic E-state index is 12.8. The Morgan fingerprint density at radius 2 is 1.69 bits per heavy atom. The third-order valence-electron chi connectivity index (χ3n) is 5.14. The molecule has 0 unspecified atom stereocenters. The van der Waals surface area contributed by atoms with E-state index in [1.165, 1.54) is 5.69 Å². The Labute approximate surface area is 153 Å². The van der Waals surface area contributed by atoms with Crippen LogP contribution >= 0.6 is 0 Å². The molecule has 4 rings (SSSR count). The van der Waals surface area contributed by atoms with Crippen LogP contribution in [0.15, 0.2) is 60.8 Å². The van der Waals surface area contributed by atoms with Gasteiger partial charge in [0.2, 0.25) is 5.91 Å². The molecule has 0 bridgehead atoms. The number of carbonyl (C=O) groups excluding carboxylic acids is 1. The molecule has 0 radical (unpaired) electrons. The largest absolute Gasteiger partial charge is 0.368 e. The second-order valence-electron chi connectivity index (χ2n) is 6.82. The van der Waals surface area contributed by atoms with Gasteiger partial charge in [-0.3, -0.25) is 4.79 Å². The van der Waals surface area contributed by atoms with Crippen molar-refractivity contribution in [3.63, 3.8) is 0 Å². The van der Waals surface area contributed by atoms with Crippen molar-refractivity contribution in [1.29, 1.82) is 0 Å². The molecular formula is C21H24N4O. The Hall–Kier alpha value is -2.79. The number of para-hydroxylation sites is 2. The zero-order valence-corrected chi connectivity index (χ0v) is 14.8. The van der Waals surface area contributed by atoms with E-state index in [9.17, 15) is 4.79 Å². The first-order valence-corrected chi connectivity index (χ1v) is 9.12. The van der Waals surface area contributed by atoms with Crippen molar-refractivity contribution >= 4 is 22.5 Å². The van der Waals surface area contributed by atoms with Crippen LogP contribution in [0.3, 0.4) is 0 Å². The summed E-state index contributed by atoms with van der Waals surface area (Å²) in [6.07, 6.45) is 2.52. The number of nitrogens with two attached hydrogens (primary N) is 1. The highest BCUT2D eigenvalue weighted by atomic mass is 16.2. The Kier molecular flexibility index (Phi) is 4.63. The quantitative estimate of drug-likeness (QED) is 0.761. The number of fused-ring (bicyclic) bond motifs is 1. The number of benzene rings is 2. The van der Waals surface area contributed by atoms with Crippen LogP contribution in [0.2, 0.25) is 0 Å². The van der Waals surface area contributed by atoms with Crippen LogP contribution in [0.25, 0.3) is 10.9 Å². The number of aromatic amines is 1. The average molecular weight is 348 g/mol. The molecule has 1 saturated heterocycles. The van der Waals surface area contributed by atoms with Crippen LogP contribution in [0, 0.1) is 0 Å². The number of hydrogen-bond donors (Lipinski definition) is 2. The Balaban J connectivity index is 1.37. The van der Waals surface area contributed by atoms with Gasteiger partial charge >= 0.3 is 0 Å². The van der Waals surface area contributed by atoms with Gasteiger partial charge in [-0.1, -0.05) is 36.4 Å². The summed E-state index contributed by atoms with van der Waals surface area (Å²) < 4.78 is 0. The number of piperazine rings is 1. The number of carbonyl (C=O) groups is 1. The molecule has 1 aliphatic rings. The van der Waals surface area contributed by atoms with Crippen molar-refractivity contribution in [2.24, 2.45) is 5.73 Å². The van der Waals surface area contributed by atoms with Crippen molar-refractivity contribution in [3.8, 4) is 0 Å². The number of anilines is 1. The fraction of sp³-hybridized carbons (Fsp3) is 0.286. The van der Waals surface area contributed by atoms with Gasteiger partial charge in [0.15, 0.2) is 0 Å². The predicted molar refractivity (Wildman–Crippen MR) is 105 cm³/mol. The van der Waals surface area contributed by atoms with Crippen molar-refractivity contribution in [2.75, 3.05) is 31.1 Å². The van der Waals surface area contributed by atoms with E-state index in [1.54, 1.807) is 0 Å². The smallest absolute Gasteiger partial charge is 0.239 e. The van der Waals surface area contributed by atoms with Crippen LogP contribution in [-0.2, 0) is 11.2 Å². The highest BCUT2D eigenvalue weighted by Crippen LogP contribution is 2.20. The predicted octanol–water partition coefficient (Wildman–Crippen LogP) is 2.39. The summed E-state index contributed by atoms with van der Waals surface area (Å²) in [5, 5.41) is 1.14. The lowest BCUT2D eigenvalue weighted by molar-refractivity contribution is -0.132. The Morgan fingerprint density at radius 3 is 2.46 bits per heavy atom. The second kappa shape index (κ2) is 7.22. The van der Waals surface area contributed by atoms with Gasteiger partial charge in [-0.15, -0.1) is 0 Å². The first kappa shape index (κ1) is 16.7. The average Bonchev–Trinajstić information content (AvgIpc) is 3.11. The maximum absolute atomic E-state index is 12.8. The highest BCUT2D eigenvalue weighted by Gasteiger charge is 2.26. The Morgan fingerprint density at radius 1 is 1.00 bits per heavy atom. The second-order valence-corrected chi connectivity index (χ2v) is 6.82. The van der Waals surface area contributed by atoms with Crippen LogP contribution < -0.4 is 10.6 Å². The molecule has 0 saturated carbocycles. The molecule has 5 heteroatoms. The van der Waals surface area contributed by atoms with E-state index in [-0.39, 0.29) is 5.91 Å². The van der Waals surface area contributed by atoms with Crippen molar-refractivity contribution in [2.45, 2.75) is 12.5 Å². The number of nitrogens with one attached hydrogen (secondary N) is 1. The van der Waals surface area contributed by atoms with E-state index in [1.807, 2.05) is 47.5 Å². The molecule has 26 heavy (non-hydrogen) atoms. The molecule has 0 aliphatic carbocycles. The van der Waals surface area contributed by atoms with Gasteiger partial charge in [-0.2, -0.15) is 0 Å². The zero-order chi connectivity index (χ0) is 17.9. The summed E-state index contributed by atoms with van der Waals surface area (Å²) in [5.41, 5.74) is 9.65. The first-order chi connectivity index (χ1) is 12.7. The number of amides is 1. The monoisotopic (exact) mass is 348 g/mol. The minimum Gasteiger partial charge on any atom is -0.368 e. The van der Waals surface area contributed by atoms with E-state index in [0.717, 1.165) is 42.6 Å². The van der Waals surface area contributed by atoms with Gasteiger partial charge in [0.1, 0.15) is 0 Å². The molecule has 2 aromatic carbocycles. The lowest BCUT2D eigenvalue weighted by Gasteiger charge is -2.37. The number of aromatic nitrogens is 1. The van der Waals surface area contributed by atoms with Gasteiger partial charge in [-0.05, 0) is 30.2 Å². The fourth-order valence-electron chi connectivity index (χ4n) is 3.68. The topological polar surface area (TPSA) is 65.4 Å². The zero-order valence-electron chi connectivity index (χ0n) is 14.8. The van der Waals surface area contributed by atoms with E-state index in [0.29, 0.717) is 6.42 Å². The van der Waals surface area contributed by atoms with Gasteiger partial charge in [0.05, 0.1) is 6.04 Å². The highest BCUT2D eigenvalue weighted by molar-refractivity contribution is 5.86. The normalized spacial score (nSPS) is 16.0. The molecule has 0 spiro atoms. The summed E-state index contributed by atoms with van der Waals surface area (Å²) in [7, 11) is 0. The van der Waals surface area contributed by atoms with Crippen LogP contribution in [-0.4, -0.2) is 48.0 Å². The third-order valence-corrected chi connectivity index (χ3v) is 5.14. The van der Waals surface area contributed by atoms with Crippen LogP contribution in [0.4, 0.5) is 5.69 Å². The molecule has 3 N–H and O–H groups in total. The van der Waals surface area contributed by atoms with Gasteiger partial charge < -0.3 is 20.5 Å². The number of hydrogen-bond acceptors (Lipinski definition) is 3. The molecule has 2 heterocycles. The molecule has 1 atom stereocenters. The summed E-state index contributed by atoms with van der Waals surface area (Å²) in [5.74, 6) is 0.0444. The van der Waals surface area contributed by atoms with Crippen molar-refractivity contribution < 1.29 is 4.79 Å². The van der Waals surface area contributed by atoms with E-state index >= 15 is 0 Å². The minimum atomic E-state index is -0.502. The van der Waals surface area contributed by atoms with Gasteiger partial charge in [0, 0.05) is 49.0 Å². The Bertz CT molecular complexity index is 881. The van der Waals surface area contributed by atoms with E-state index < -0.39 is 6.04 Å². The third kappa shape index (κ3) is 3.30. The molecule has 1 aliphatic heterocycles. The SMILES string of the molecule is N[C@@H](Cc1c[nH]c2ccccc12)C(=O)N1CCN(c2ccccc2)CC1. The summed E-state index contributed by atoms with van der Waals surface area (Å²) in [4.78, 5) is 20.2. The fourth-order valence-corrected chi connectivity index (χ4v) is 3.68. The molecule has 5 nitrogen and oxygen atoms in total. The van der Waals surface area contributed by atoms with Crippen LogP contribution in [0.5, 0.6) is 0 Å². The van der Waals surface area contributed by atoms with Gasteiger partial charge in [-0.25, -0.2) is 0 Å². The van der Waals surface area contributed by atoms with Gasteiger partial charge in [0.25, 0.3) is 0 Å². The lowest BCUT2D eigenvalue weighted by Crippen LogP contribution is -2.53. The first-order valence-electron chi connectivity index (χ1n) is 9.12. The summed E-state index contributed by atoms with van der Waals surface area (Å²) in [6, 6.07) is 17.9.